The van der Waals surface area contributed by atoms with Gasteiger partial charge in [0.05, 0.1) is 19.6 Å². The average Bonchev–Trinajstić information content (AvgIpc) is 2.72. The highest BCUT2D eigenvalue weighted by molar-refractivity contribution is 5.72. The maximum Gasteiger partial charge on any atom is 0.332 e. The van der Waals surface area contributed by atoms with E-state index < -0.39 is 12.1 Å². The molecule has 0 aromatic rings. The Labute approximate surface area is 93.9 Å². The predicted octanol–water partition coefficient (Wildman–Crippen LogP) is -0.229. The Bertz CT molecular complexity index is 256. The Morgan fingerprint density at radius 2 is 2.25 bits per heavy atom. The highest BCUT2D eigenvalue weighted by atomic mass is 16.5. The SMILES string of the molecule is COC(=O)CCNCC1CCC(C(=O)O)O1. The van der Waals surface area contributed by atoms with Gasteiger partial charge in [-0.3, -0.25) is 4.79 Å². The third-order valence-electron chi connectivity index (χ3n) is 2.49. The molecular weight excluding hydrogens is 214 g/mol. The fraction of sp³-hybridized carbons (Fsp3) is 0.800. The number of carbonyl (C=O) groups is 2. The number of methoxy groups -OCH3 is 1. The van der Waals surface area contributed by atoms with Gasteiger partial charge < -0.3 is 19.9 Å². The van der Waals surface area contributed by atoms with Crippen LogP contribution in [0.3, 0.4) is 0 Å². The first-order valence-electron chi connectivity index (χ1n) is 5.29. The largest absolute Gasteiger partial charge is 0.479 e. The van der Waals surface area contributed by atoms with Crippen LogP contribution in [-0.2, 0) is 19.1 Å². The van der Waals surface area contributed by atoms with Crippen molar-refractivity contribution in [1.82, 2.24) is 5.32 Å². The zero-order valence-electron chi connectivity index (χ0n) is 9.27. The topological polar surface area (TPSA) is 84.9 Å². The van der Waals surface area contributed by atoms with E-state index in [1.807, 2.05) is 0 Å². The van der Waals surface area contributed by atoms with Crippen LogP contribution in [0.25, 0.3) is 0 Å². The Morgan fingerprint density at radius 1 is 1.50 bits per heavy atom. The minimum atomic E-state index is -0.905. The van der Waals surface area contributed by atoms with E-state index >= 15 is 0 Å². The van der Waals surface area contributed by atoms with Crippen molar-refractivity contribution in [1.29, 1.82) is 0 Å². The Balaban J connectivity index is 2.07. The van der Waals surface area contributed by atoms with Gasteiger partial charge in [-0.05, 0) is 12.8 Å². The highest BCUT2D eigenvalue weighted by Gasteiger charge is 2.29. The Morgan fingerprint density at radius 3 is 2.81 bits per heavy atom. The van der Waals surface area contributed by atoms with Crippen LogP contribution in [-0.4, -0.2) is 49.5 Å². The molecule has 0 radical (unpaired) electrons. The molecule has 0 amide bonds. The third-order valence-corrected chi connectivity index (χ3v) is 2.49. The molecule has 2 unspecified atom stereocenters. The number of carboxylic acids is 1. The van der Waals surface area contributed by atoms with Crippen LogP contribution >= 0.6 is 0 Å². The lowest BCUT2D eigenvalue weighted by atomic mass is 10.2. The van der Waals surface area contributed by atoms with Crippen molar-refractivity contribution in [3.8, 4) is 0 Å². The molecule has 92 valence electrons. The minimum absolute atomic E-state index is 0.0706. The molecule has 0 spiro atoms. The van der Waals surface area contributed by atoms with Crippen LogP contribution in [0.1, 0.15) is 19.3 Å². The minimum Gasteiger partial charge on any atom is -0.479 e. The van der Waals surface area contributed by atoms with Crippen molar-refractivity contribution in [3.63, 3.8) is 0 Å². The second-order valence-electron chi connectivity index (χ2n) is 3.69. The number of hydrogen-bond donors (Lipinski definition) is 2. The molecule has 0 aliphatic carbocycles. The van der Waals surface area contributed by atoms with E-state index in [0.29, 0.717) is 25.9 Å². The maximum atomic E-state index is 10.8. The molecule has 6 heteroatoms. The maximum absolute atomic E-state index is 10.8. The van der Waals surface area contributed by atoms with E-state index in [1.54, 1.807) is 0 Å². The lowest BCUT2D eigenvalue weighted by molar-refractivity contribution is -0.149. The van der Waals surface area contributed by atoms with Crippen molar-refractivity contribution >= 4 is 11.9 Å². The molecule has 1 aliphatic heterocycles. The van der Waals surface area contributed by atoms with Gasteiger partial charge in [-0.1, -0.05) is 0 Å². The molecule has 0 saturated carbocycles. The van der Waals surface area contributed by atoms with Gasteiger partial charge in [0.15, 0.2) is 6.10 Å². The summed E-state index contributed by atoms with van der Waals surface area (Å²) in [7, 11) is 1.35. The van der Waals surface area contributed by atoms with Crippen LogP contribution in [0.2, 0.25) is 0 Å². The van der Waals surface area contributed by atoms with E-state index in [4.69, 9.17) is 9.84 Å². The number of rotatable bonds is 6. The summed E-state index contributed by atoms with van der Waals surface area (Å²) < 4.78 is 9.76. The summed E-state index contributed by atoms with van der Waals surface area (Å²) in [6.07, 6.45) is 0.859. The van der Waals surface area contributed by atoms with Gasteiger partial charge in [0.2, 0.25) is 0 Å². The number of ether oxygens (including phenoxy) is 2. The molecular formula is C10H17NO5. The molecule has 1 saturated heterocycles. The van der Waals surface area contributed by atoms with Crippen molar-refractivity contribution in [2.75, 3.05) is 20.2 Å². The molecule has 0 aromatic carbocycles. The van der Waals surface area contributed by atoms with E-state index in [1.165, 1.54) is 7.11 Å². The fourth-order valence-corrected chi connectivity index (χ4v) is 1.59. The molecule has 1 fully saturated rings. The monoisotopic (exact) mass is 231 g/mol. The molecule has 2 atom stereocenters. The Kier molecular flexibility index (Phi) is 5.21. The molecule has 0 bridgehead atoms. The van der Waals surface area contributed by atoms with E-state index in [0.717, 1.165) is 6.42 Å². The smallest absolute Gasteiger partial charge is 0.332 e. The first-order valence-corrected chi connectivity index (χ1v) is 5.29. The summed E-state index contributed by atoms with van der Waals surface area (Å²) in [5.74, 6) is -1.17. The quantitative estimate of drug-likeness (QED) is 0.485. The molecule has 1 rings (SSSR count). The predicted molar refractivity (Wildman–Crippen MR) is 55.0 cm³/mol. The summed E-state index contributed by atoms with van der Waals surface area (Å²) >= 11 is 0. The third kappa shape index (κ3) is 4.16. The summed E-state index contributed by atoms with van der Waals surface area (Å²) in [6, 6.07) is 0. The summed E-state index contributed by atoms with van der Waals surface area (Å²) in [5.41, 5.74) is 0. The summed E-state index contributed by atoms with van der Waals surface area (Å²) in [5, 5.41) is 11.7. The molecule has 0 aromatic heterocycles. The molecule has 6 nitrogen and oxygen atoms in total. The van der Waals surface area contributed by atoms with Gasteiger partial charge >= 0.3 is 11.9 Å². The van der Waals surface area contributed by atoms with E-state index in [9.17, 15) is 9.59 Å². The van der Waals surface area contributed by atoms with Crippen LogP contribution in [0.15, 0.2) is 0 Å². The average molecular weight is 231 g/mol. The standard InChI is InChI=1S/C10H17NO5/c1-15-9(12)4-5-11-6-7-2-3-8(16-7)10(13)14/h7-8,11H,2-6H2,1H3,(H,13,14). The van der Waals surface area contributed by atoms with Crippen LogP contribution in [0, 0.1) is 0 Å². The molecule has 2 N–H and O–H groups in total. The molecule has 1 heterocycles. The van der Waals surface area contributed by atoms with Gasteiger partial charge in [0, 0.05) is 13.1 Å². The second-order valence-corrected chi connectivity index (χ2v) is 3.69. The van der Waals surface area contributed by atoms with Crippen LogP contribution < -0.4 is 5.32 Å². The number of nitrogens with one attached hydrogen (secondary N) is 1. The Hall–Kier alpha value is -1.14. The number of esters is 1. The summed E-state index contributed by atoms with van der Waals surface area (Å²) in [4.78, 5) is 21.4. The van der Waals surface area contributed by atoms with E-state index in [2.05, 4.69) is 10.1 Å². The van der Waals surface area contributed by atoms with Gasteiger partial charge in [-0.15, -0.1) is 0 Å². The lowest BCUT2D eigenvalue weighted by Gasteiger charge is -2.11. The van der Waals surface area contributed by atoms with Gasteiger partial charge in [0.1, 0.15) is 0 Å². The first-order chi connectivity index (χ1) is 7.63. The lowest BCUT2D eigenvalue weighted by Crippen LogP contribution is -2.30. The first kappa shape index (κ1) is 12.9. The van der Waals surface area contributed by atoms with Crippen molar-refractivity contribution in [3.05, 3.63) is 0 Å². The van der Waals surface area contributed by atoms with Gasteiger partial charge in [-0.25, -0.2) is 4.79 Å². The fourth-order valence-electron chi connectivity index (χ4n) is 1.59. The number of aliphatic carboxylic acids is 1. The zero-order valence-corrected chi connectivity index (χ0v) is 9.27. The van der Waals surface area contributed by atoms with Crippen LogP contribution in [0.5, 0.6) is 0 Å². The van der Waals surface area contributed by atoms with E-state index in [-0.39, 0.29) is 12.1 Å². The number of hydrogen-bond acceptors (Lipinski definition) is 5. The normalized spacial score (nSPS) is 24.3. The van der Waals surface area contributed by atoms with Gasteiger partial charge in [0.25, 0.3) is 0 Å². The van der Waals surface area contributed by atoms with Crippen LogP contribution in [0.4, 0.5) is 0 Å². The highest BCUT2D eigenvalue weighted by Crippen LogP contribution is 2.18. The summed E-state index contributed by atoms with van der Waals surface area (Å²) in [6.45, 7) is 1.09. The number of carbonyl (C=O) groups excluding carboxylic acids is 1. The molecule has 1 aliphatic rings. The number of carboxylic acid groups (broad SMARTS) is 1. The van der Waals surface area contributed by atoms with Crippen molar-refractivity contribution in [2.24, 2.45) is 0 Å². The van der Waals surface area contributed by atoms with Gasteiger partial charge in [-0.2, -0.15) is 0 Å². The molecule has 16 heavy (non-hydrogen) atoms. The zero-order chi connectivity index (χ0) is 12.0. The van der Waals surface area contributed by atoms with Crippen molar-refractivity contribution in [2.45, 2.75) is 31.5 Å². The van der Waals surface area contributed by atoms with Crippen molar-refractivity contribution < 1.29 is 24.2 Å². The second kappa shape index (κ2) is 6.44.